The zero-order valence-corrected chi connectivity index (χ0v) is 17.8. The van der Waals surface area contributed by atoms with Crippen molar-refractivity contribution in [2.24, 2.45) is 4.99 Å². The van der Waals surface area contributed by atoms with Gasteiger partial charge in [0.2, 0.25) is 0 Å². The van der Waals surface area contributed by atoms with Crippen LogP contribution in [0.1, 0.15) is 35.6 Å². The number of nitriles is 1. The first kappa shape index (κ1) is 23.2. The fourth-order valence-electron chi connectivity index (χ4n) is 2.78. The van der Waals surface area contributed by atoms with Crippen molar-refractivity contribution in [2.75, 3.05) is 26.9 Å². The lowest BCUT2D eigenvalue weighted by atomic mass is 10.1. The lowest BCUT2D eigenvalue weighted by molar-refractivity contribution is 0.171. The summed E-state index contributed by atoms with van der Waals surface area (Å²) in [5.41, 5.74) is 2.91. The summed E-state index contributed by atoms with van der Waals surface area (Å²) in [6.45, 7) is 6.52. The van der Waals surface area contributed by atoms with Crippen LogP contribution in [-0.4, -0.2) is 32.8 Å². The van der Waals surface area contributed by atoms with Crippen LogP contribution < -0.4 is 15.4 Å². The Morgan fingerprint density at radius 1 is 1.13 bits per heavy atom. The molecule has 2 rings (SSSR count). The van der Waals surface area contributed by atoms with Gasteiger partial charge in [0.25, 0.3) is 0 Å². The van der Waals surface area contributed by atoms with E-state index in [0.29, 0.717) is 43.4 Å². The van der Waals surface area contributed by atoms with Crippen molar-refractivity contribution in [3.05, 3.63) is 64.5 Å². The topological polar surface area (TPSA) is 78.7 Å². The molecule has 0 radical (unpaired) electrons. The highest BCUT2D eigenvalue weighted by molar-refractivity contribution is 5.79. The van der Waals surface area contributed by atoms with E-state index >= 15 is 0 Å². The van der Waals surface area contributed by atoms with Crippen molar-refractivity contribution < 1.29 is 13.9 Å². The molecule has 0 saturated carbocycles. The minimum atomic E-state index is -0.376. The zero-order valence-electron chi connectivity index (χ0n) is 17.8. The summed E-state index contributed by atoms with van der Waals surface area (Å²) in [5.74, 6) is 1.01. The van der Waals surface area contributed by atoms with Gasteiger partial charge in [-0.1, -0.05) is 12.1 Å². The van der Waals surface area contributed by atoms with E-state index in [1.165, 1.54) is 18.2 Å². The van der Waals surface area contributed by atoms with Crippen LogP contribution in [0.4, 0.5) is 4.39 Å². The number of hydrogen-bond acceptors (Lipinski definition) is 4. The smallest absolute Gasteiger partial charge is 0.191 e. The molecule has 2 aromatic carbocycles. The molecule has 0 heterocycles. The molecular weight excluding hydrogens is 383 g/mol. The average molecular weight is 413 g/mol. The number of methoxy groups -OCH3 is 1. The van der Waals surface area contributed by atoms with Crippen LogP contribution in [0.15, 0.2) is 41.4 Å². The molecule has 2 aromatic rings. The third-order valence-corrected chi connectivity index (χ3v) is 4.35. The van der Waals surface area contributed by atoms with E-state index in [1.54, 1.807) is 7.11 Å². The lowest BCUT2D eigenvalue weighted by Gasteiger charge is -2.15. The molecule has 0 amide bonds. The van der Waals surface area contributed by atoms with Gasteiger partial charge in [-0.15, -0.1) is 0 Å². The molecule has 160 valence electrons. The highest BCUT2D eigenvalue weighted by Crippen LogP contribution is 2.20. The number of guanidine groups is 1. The van der Waals surface area contributed by atoms with E-state index in [4.69, 9.17) is 14.7 Å². The lowest BCUT2D eigenvalue weighted by Crippen LogP contribution is -2.36. The van der Waals surface area contributed by atoms with Gasteiger partial charge in [0, 0.05) is 44.4 Å². The molecule has 0 bridgehead atoms. The molecule has 0 aliphatic carbocycles. The molecule has 30 heavy (non-hydrogen) atoms. The van der Waals surface area contributed by atoms with Gasteiger partial charge in [-0.25, -0.2) is 9.38 Å². The Morgan fingerprint density at radius 3 is 2.70 bits per heavy atom. The van der Waals surface area contributed by atoms with Crippen molar-refractivity contribution in [3.8, 4) is 11.8 Å². The Bertz CT molecular complexity index is 893. The average Bonchev–Trinajstić information content (AvgIpc) is 2.75. The van der Waals surface area contributed by atoms with E-state index < -0.39 is 0 Å². The SMILES string of the molecule is CCNC(=NCc1cc(C#N)ccc1F)NCc1ccc(C)cc1OCCCOC. The van der Waals surface area contributed by atoms with E-state index in [1.807, 2.05) is 38.1 Å². The van der Waals surface area contributed by atoms with Crippen LogP contribution in [0.5, 0.6) is 5.75 Å². The molecule has 0 fully saturated rings. The van der Waals surface area contributed by atoms with E-state index in [-0.39, 0.29) is 12.4 Å². The van der Waals surface area contributed by atoms with E-state index in [2.05, 4.69) is 15.6 Å². The second kappa shape index (κ2) is 12.5. The number of ether oxygens (including phenoxy) is 2. The largest absolute Gasteiger partial charge is 0.493 e. The standard InChI is InChI=1S/C23H29FN4O2/c1-4-26-23(28-16-20-13-18(14-25)7-9-21(20)24)27-15-19-8-6-17(2)12-22(19)30-11-5-10-29-3/h6-9,12-13H,4-5,10-11,15-16H2,1-3H3,(H2,26,27,28). The first-order chi connectivity index (χ1) is 14.6. The van der Waals surface area contributed by atoms with Gasteiger partial charge < -0.3 is 20.1 Å². The van der Waals surface area contributed by atoms with Gasteiger partial charge in [-0.3, -0.25) is 0 Å². The minimum absolute atomic E-state index is 0.130. The summed E-state index contributed by atoms with van der Waals surface area (Å²) in [6.07, 6.45) is 0.814. The second-order valence-electron chi connectivity index (χ2n) is 6.77. The highest BCUT2D eigenvalue weighted by Gasteiger charge is 2.08. The molecule has 0 aromatic heterocycles. The molecule has 2 N–H and O–H groups in total. The Labute approximate surface area is 177 Å². The summed E-state index contributed by atoms with van der Waals surface area (Å²) >= 11 is 0. The molecule has 0 saturated heterocycles. The number of hydrogen-bond donors (Lipinski definition) is 2. The Kier molecular flexibility index (Phi) is 9.62. The fourth-order valence-corrected chi connectivity index (χ4v) is 2.78. The third-order valence-electron chi connectivity index (χ3n) is 4.35. The summed E-state index contributed by atoms with van der Waals surface area (Å²) < 4.78 is 25.0. The maximum absolute atomic E-state index is 14.0. The quantitative estimate of drug-likeness (QED) is 0.354. The van der Waals surface area contributed by atoms with Gasteiger partial charge in [-0.05, 0) is 43.7 Å². The molecule has 6 nitrogen and oxygen atoms in total. The Hall–Kier alpha value is -3.11. The number of nitrogens with zero attached hydrogens (tertiary/aromatic N) is 2. The highest BCUT2D eigenvalue weighted by atomic mass is 19.1. The monoisotopic (exact) mass is 412 g/mol. The van der Waals surface area contributed by atoms with Gasteiger partial charge >= 0.3 is 0 Å². The molecular formula is C23H29FN4O2. The fraction of sp³-hybridized carbons (Fsp3) is 0.391. The summed E-state index contributed by atoms with van der Waals surface area (Å²) in [7, 11) is 1.67. The van der Waals surface area contributed by atoms with Crippen LogP contribution in [0, 0.1) is 24.1 Å². The van der Waals surface area contributed by atoms with Crippen molar-refractivity contribution in [2.45, 2.75) is 33.4 Å². The van der Waals surface area contributed by atoms with Crippen molar-refractivity contribution in [1.82, 2.24) is 10.6 Å². The van der Waals surface area contributed by atoms with Crippen LogP contribution in [0.2, 0.25) is 0 Å². The first-order valence-electron chi connectivity index (χ1n) is 9.99. The Balaban J connectivity index is 2.07. The predicted octanol–water partition coefficient (Wildman–Crippen LogP) is 3.68. The number of nitrogens with one attached hydrogen (secondary N) is 2. The van der Waals surface area contributed by atoms with Crippen LogP contribution in [0.3, 0.4) is 0 Å². The molecule has 0 atom stereocenters. The molecule has 0 unspecified atom stereocenters. The zero-order chi connectivity index (χ0) is 21.8. The number of halogens is 1. The maximum atomic E-state index is 14.0. The molecule has 0 aliphatic rings. The van der Waals surface area contributed by atoms with Crippen LogP contribution >= 0.6 is 0 Å². The second-order valence-corrected chi connectivity index (χ2v) is 6.77. The molecule has 0 aliphatic heterocycles. The van der Waals surface area contributed by atoms with Crippen molar-refractivity contribution in [3.63, 3.8) is 0 Å². The molecule has 0 spiro atoms. The first-order valence-corrected chi connectivity index (χ1v) is 9.99. The summed E-state index contributed by atoms with van der Waals surface area (Å²) in [6, 6.07) is 12.4. The van der Waals surface area contributed by atoms with Gasteiger partial charge in [-0.2, -0.15) is 5.26 Å². The Morgan fingerprint density at radius 2 is 1.97 bits per heavy atom. The van der Waals surface area contributed by atoms with Crippen molar-refractivity contribution in [1.29, 1.82) is 5.26 Å². The summed E-state index contributed by atoms with van der Waals surface area (Å²) in [4.78, 5) is 4.46. The third kappa shape index (κ3) is 7.37. The summed E-state index contributed by atoms with van der Waals surface area (Å²) in [5, 5.41) is 15.4. The number of rotatable bonds is 10. The number of aryl methyl sites for hydroxylation is 1. The number of benzene rings is 2. The van der Waals surface area contributed by atoms with Gasteiger partial charge in [0.15, 0.2) is 5.96 Å². The van der Waals surface area contributed by atoms with E-state index in [9.17, 15) is 4.39 Å². The normalized spacial score (nSPS) is 11.1. The van der Waals surface area contributed by atoms with E-state index in [0.717, 1.165) is 23.3 Å². The predicted molar refractivity (Wildman–Crippen MR) is 116 cm³/mol. The van der Waals surface area contributed by atoms with Crippen LogP contribution in [0.25, 0.3) is 0 Å². The van der Waals surface area contributed by atoms with Crippen molar-refractivity contribution >= 4 is 5.96 Å². The maximum Gasteiger partial charge on any atom is 0.191 e. The van der Waals surface area contributed by atoms with Gasteiger partial charge in [0.05, 0.1) is 24.8 Å². The number of aliphatic imine (C=N–C) groups is 1. The van der Waals surface area contributed by atoms with Gasteiger partial charge in [0.1, 0.15) is 11.6 Å². The molecule has 7 heteroatoms. The minimum Gasteiger partial charge on any atom is -0.493 e. The van der Waals surface area contributed by atoms with Crippen LogP contribution in [-0.2, 0) is 17.8 Å².